The number of carbonyl (C=O) groups is 2. The largest absolute Gasteiger partial charge is 0.392 e. The van der Waals surface area contributed by atoms with Gasteiger partial charge in [-0.15, -0.1) is 0 Å². The smallest absolute Gasteiger partial charge is 0.251 e. The molecule has 2 unspecified atom stereocenters. The molecule has 8 heteroatoms. The van der Waals surface area contributed by atoms with Crippen molar-refractivity contribution >= 4 is 17.4 Å². The van der Waals surface area contributed by atoms with Gasteiger partial charge in [0, 0.05) is 30.1 Å². The molecule has 1 saturated heterocycles. The van der Waals surface area contributed by atoms with Crippen LogP contribution in [0.25, 0.3) is 0 Å². The maximum absolute atomic E-state index is 13.2. The molecule has 2 atom stereocenters. The van der Waals surface area contributed by atoms with Gasteiger partial charge in [-0.2, -0.15) is 0 Å². The highest BCUT2D eigenvalue weighted by Gasteiger charge is 2.34. The summed E-state index contributed by atoms with van der Waals surface area (Å²) in [7, 11) is 0. The maximum Gasteiger partial charge on any atom is 0.251 e. The first-order valence-corrected chi connectivity index (χ1v) is 12.8. The minimum absolute atomic E-state index is 0.0145. The Labute approximate surface area is 211 Å². The molecule has 0 spiro atoms. The zero-order chi connectivity index (χ0) is 25.1. The average molecular weight is 493 g/mol. The first-order chi connectivity index (χ1) is 17.5. The Morgan fingerprint density at radius 2 is 1.78 bits per heavy atom. The molecule has 2 aromatic carbocycles. The second kappa shape index (κ2) is 10.8. The Bertz CT molecular complexity index is 1130. The molecular weight excluding hydrogens is 459 g/mol. The number of ketones is 1. The Morgan fingerprint density at radius 1 is 1.03 bits per heavy atom. The molecule has 2 heterocycles. The molecule has 0 radical (unpaired) electrons. The van der Waals surface area contributed by atoms with Gasteiger partial charge < -0.3 is 15.1 Å². The third kappa shape index (κ3) is 5.60. The number of carbonyl (C=O) groups excluding carboxylic acids is 2. The Hall–Kier alpha value is -3.23. The van der Waals surface area contributed by atoms with E-state index >= 15 is 0 Å². The predicted octanol–water partition coefficient (Wildman–Crippen LogP) is 4.29. The van der Waals surface area contributed by atoms with Crippen molar-refractivity contribution in [2.24, 2.45) is 17.8 Å². The maximum atomic E-state index is 13.2. The third-order valence-electron chi connectivity index (χ3n) is 7.68. The number of halogens is 1. The number of benzene rings is 2. The van der Waals surface area contributed by atoms with E-state index in [2.05, 4.69) is 15.8 Å². The van der Waals surface area contributed by atoms with Gasteiger partial charge in [0.2, 0.25) is 0 Å². The summed E-state index contributed by atoms with van der Waals surface area (Å²) in [5, 5.41) is 4.86. The fourth-order valence-corrected chi connectivity index (χ4v) is 5.31. The second-order valence-electron chi connectivity index (χ2n) is 10.1. The number of rotatable bonds is 8. The molecule has 2 fully saturated rings. The fourth-order valence-electron chi connectivity index (χ4n) is 5.31. The van der Waals surface area contributed by atoms with Crippen LogP contribution in [-0.2, 0) is 4.84 Å². The van der Waals surface area contributed by atoms with Crippen molar-refractivity contribution in [3.05, 3.63) is 77.4 Å². The van der Waals surface area contributed by atoms with Gasteiger partial charge in [0.05, 0.1) is 11.9 Å². The van der Waals surface area contributed by atoms with Crippen LogP contribution in [0.15, 0.2) is 60.5 Å². The molecule has 2 aliphatic heterocycles. The van der Waals surface area contributed by atoms with Crippen molar-refractivity contribution in [3.63, 3.8) is 0 Å². The molecule has 3 aliphatic rings. The zero-order valence-electron chi connectivity index (χ0n) is 20.6. The van der Waals surface area contributed by atoms with E-state index in [9.17, 15) is 14.0 Å². The summed E-state index contributed by atoms with van der Waals surface area (Å²) in [4.78, 5) is 33.2. The Balaban J connectivity index is 1.06. The van der Waals surface area contributed by atoms with Crippen molar-refractivity contribution in [2.75, 3.05) is 31.2 Å². The lowest BCUT2D eigenvalue weighted by atomic mass is 9.73. The number of hydrogen-bond acceptors (Lipinski definition) is 6. The van der Waals surface area contributed by atoms with Crippen molar-refractivity contribution in [1.29, 1.82) is 0 Å². The number of nitrogens with one attached hydrogen (secondary N) is 2. The SMILES string of the molecule is CC1=CN(c2cccc(C(=O)NCC3CCC3CN3CCC(C(=O)c4ccc(F)cc4)CC3)c2)NO1. The molecule has 1 aliphatic carbocycles. The number of hydrazine groups is 1. The molecule has 5 rings (SSSR count). The quantitative estimate of drug-likeness (QED) is 0.536. The van der Waals surface area contributed by atoms with Crippen LogP contribution in [-0.4, -0.2) is 42.8 Å². The third-order valence-corrected chi connectivity index (χ3v) is 7.68. The molecule has 2 N–H and O–H groups in total. The van der Waals surface area contributed by atoms with E-state index < -0.39 is 0 Å². The summed E-state index contributed by atoms with van der Waals surface area (Å²) >= 11 is 0. The fraction of sp³-hybridized carbons (Fsp3) is 0.429. The van der Waals surface area contributed by atoms with E-state index in [-0.39, 0.29) is 23.4 Å². The number of hydrogen-bond donors (Lipinski definition) is 2. The van der Waals surface area contributed by atoms with Crippen LogP contribution in [0, 0.1) is 23.6 Å². The Morgan fingerprint density at radius 3 is 2.44 bits per heavy atom. The highest BCUT2D eigenvalue weighted by Crippen LogP contribution is 2.35. The van der Waals surface area contributed by atoms with Crippen LogP contribution in [0.5, 0.6) is 0 Å². The normalized spacial score (nSPS) is 22.5. The van der Waals surface area contributed by atoms with E-state index in [1.54, 1.807) is 17.1 Å². The summed E-state index contributed by atoms with van der Waals surface area (Å²) in [5.74, 6) is 1.56. The van der Waals surface area contributed by atoms with E-state index in [1.165, 1.54) is 18.6 Å². The second-order valence-corrected chi connectivity index (χ2v) is 10.1. The number of Topliss-reactive ketones (excluding diaryl/α,β-unsaturated/α-hetero) is 1. The molecule has 190 valence electrons. The van der Waals surface area contributed by atoms with Crippen LogP contribution in [0.2, 0.25) is 0 Å². The van der Waals surface area contributed by atoms with Gasteiger partial charge in [0.1, 0.15) is 11.6 Å². The first kappa shape index (κ1) is 24.5. The minimum atomic E-state index is -0.317. The number of amides is 1. The highest BCUT2D eigenvalue weighted by molar-refractivity contribution is 5.98. The van der Waals surface area contributed by atoms with Gasteiger partial charge in [0.15, 0.2) is 5.78 Å². The van der Waals surface area contributed by atoms with Gasteiger partial charge >= 0.3 is 0 Å². The molecule has 36 heavy (non-hydrogen) atoms. The minimum Gasteiger partial charge on any atom is -0.392 e. The van der Waals surface area contributed by atoms with Crippen LogP contribution in [0.4, 0.5) is 10.1 Å². The number of allylic oxidation sites excluding steroid dienone is 1. The Kier molecular flexibility index (Phi) is 7.34. The number of nitrogens with zero attached hydrogens (tertiary/aromatic N) is 2. The average Bonchev–Trinajstić information content (AvgIpc) is 3.33. The molecule has 0 bridgehead atoms. The lowest BCUT2D eigenvalue weighted by Crippen LogP contribution is -2.46. The van der Waals surface area contributed by atoms with Crippen molar-refractivity contribution in [1.82, 2.24) is 15.8 Å². The molecular formula is C28H33FN4O3. The topological polar surface area (TPSA) is 73.9 Å². The van der Waals surface area contributed by atoms with E-state index in [0.717, 1.165) is 50.3 Å². The summed E-state index contributed by atoms with van der Waals surface area (Å²) < 4.78 is 13.2. The van der Waals surface area contributed by atoms with Gasteiger partial charge in [-0.05, 0) is 100.0 Å². The van der Waals surface area contributed by atoms with Crippen molar-refractivity contribution in [2.45, 2.75) is 32.6 Å². The van der Waals surface area contributed by atoms with Crippen molar-refractivity contribution in [3.8, 4) is 0 Å². The van der Waals surface area contributed by atoms with Gasteiger partial charge in [-0.1, -0.05) is 11.7 Å². The summed E-state index contributed by atoms with van der Waals surface area (Å²) in [6.45, 7) is 5.36. The van der Waals surface area contributed by atoms with Crippen LogP contribution in [0.1, 0.15) is 53.3 Å². The monoisotopic (exact) mass is 492 g/mol. The van der Waals surface area contributed by atoms with Gasteiger partial charge in [-0.3, -0.25) is 9.59 Å². The number of anilines is 1. The van der Waals surface area contributed by atoms with E-state index in [4.69, 9.17) is 4.84 Å². The van der Waals surface area contributed by atoms with E-state index in [1.807, 2.05) is 37.4 Å². The van der Waals surface area contributed by atoms with Gasteiger partial charge in [0.25, 0.3) is 5.91 Å². The van der Waals surface area contributed by atoms with Crippen LogP contribution >= 0.6 is 0 Å². The highest BCUT2D eigenvalue weighted by atomic mass is 19.1. The lowest BCUT2D eigenvalue weighted by molar-refractivity contribution is 0.0691. The molecule has 1 amide bonds. The van der Waals surface area contributed by atoms with E-state index in [0.29, 0.717) is 29.5 Å². The van der Waals surface area contributed by atoms with Crippen LogP contribution < -0.4 is 15.9 Å². The standard InChI is InChI=1S/C28H33FN4O3/c1-19-17-33(31-36-19)26-4-2-3-22(15-26)28(35)30-16-23-5-6-24(23)18-32-13-11-21(12-14-32)27(34)20-7-9-25(29)10-8-20/h2-4,7-10,15,17,21,23-24,31H,5-6,11-14,16,18H2,1H3,(H,30,35). The number of likely N-dealkylation sites (tertiary alicyclic amines) is 1. The summed E-state index contributed by atoms with van der Waals surface area (Å²) in [5.41, 5.74) is 4.85. The lowest BCUT2D eigenvalue weighted by Gasteiger charge is -2.42. The molecule has 1 saturated carbocycles. The summed E-state index contributed by atoms with van der Waals surface area (Å²) in [6.07, 6.45) is 5.82. The predicted molar refractivity (Wildman–Crippen MR) is 135 cm³/mol. The first-order valence-electron chi connectivity index (χ1n) is 12.8. The zero-order valence-corrected chi connectivity index (χ0v) is 20.6. The molecule has 0 aromatic heterocycles. The van der Waals surface area contributed by atoms with Crippen molar-refractivity contribution < 1.29 is 18.8 Å². The van der Waals surface area contributed by atoms with Gasteiger partial charge in [-0.25, -0.2) is 9.40 Å². The molecule has 7 nitrogen and oxygen atoms in total. The summed E-state index contributed by atoms with van der Waals surface area (Å²) in [6, 6.07) is 13.3. The van der Waals surface area contributed by atoms with Crippen LogP contribution in [0.3, 0.4) is 0 Å². The number of piperidine rings is 1. The molecule has 2 aromatic rings.